The van der Waals surface area contributed by atoms with Gasteiger partial charge >= 0.3 is 11.9 Å². The van der Waals surface area contributed by atoms with Crippen LogP contribution in [0, 0.1) is 6.92 Å². The fourth-order valence-corrected chi connectivity index (χ4v) is 3.58. The molecule has 0 N–H and O–H groups in total. The zero-order valence-electron chi connectivity index (χ0n) is 18.7. The number of carbonyl (C=O) groups excluding carboxylic acids is 2. The Bertz CT molecular complexity index is 1610. The second-order valence-electron chi connectivity index (χ2n) is 7.63. The predicted octanol–water partition coefficient (Wildman–Crippen LogP) is 5.65. The number of furan rings is 1. The van der Waals surface area contributed by atoms with Gasteiger partial charge in [0.2, 0.25) is 16.9 Å². The molecular weight excluding hydrogens is 452 g/mol. The van der Waals surface area contributed by atoms with Crippen molar-refractivity contribution in [3.63, 3.8) is 0 Å². The van der Waals surface area contributed by atoms with E-state index in [0.717, 1.165) is 5.39 Å². The third kappa shape index (κ3) is 4.24. The molecule has 5 rings (SSSR count). The predicted molar refractivity (Wildman–Crippen MR) is 126 cm³/mol. The summed E-state index contributed by atoms with van der Waals surface area (Å²) in [6.07, 6.45) is 0. The van der Waals surface area contributed by atoms with Crippen LogP contribution in [0.4, 0.5) is 0 Å². The lowest BCUT2D eigenvalue weighted by Gasteiger charge is -2.10. The van der Waals surface area contributed by atoms with Gasteiger partial charge in [-0.1, -0.05) is 18.2 Å². The standard InChI is InChI=1S/C27H18O8/c1-15-25(33-18-9-7-16(8-10-18)26(29)31-2)24(28)20-12-11-19(14-22(20)32-15)34-27(30)23-13-17-5-3-4-6-21(17)35-23/h3-14H,1-2H3. The van der Waals surface area contributed by atoms with Crippen molar-refractivity contribution in [2.45, 2.75) is 6.92 Å². The fraction of sp³-hybridized carbons (Fsp3) is 0.0741. The normalized spacial score (nSPS) is 10.9. The summed E-state index contributed by atoms with van der Waals surface area (Å²) in [5.41, 5.74) is 0.769. The summed E-state index contributed by atoms with van der Waals surface area (Å²) >= 11 is 0. The van der Waals surface area contributed by atoms with Gasteiger partial charge in [-0.25, -0.2) is 9.59 Å². The zero-order valence-corrected chi connectivity index (χ0v) is 18.7. The molecule has 174 valence electrons. The molecule has 8 heteroatoms. The number of esters is 2. The first-order valence-corrected chi connectivity index (χ1v) is 10.6. The number of ether oxygens (including phenoxy) is 3. The van der Waals surface area contributed by atoms with Gasteiger partial charge in [0.15, 0.2) is 0 Å². The number of benzene rings is 3. The quantitative estimate of drug-likeness (QED) is 0.240. The number of para-hydroxylation sites is 1. The second kappa shape index (κ2) is 8.83. The highest BCUT2D eigenvalue weighted by Crippen LogP contribution is 2.28. The van der Waals surface area contributed by atoms with E-state index >= 15 is 0 Å². The van der Waals surface area contributed by atoms with Crippen molar-refractivity contribution in [3.8, 4) is 17.2 Å². The lowest BCUT2D eigenvalue weighted by molar-refractivity contribution is 0.0600. The molecule has 8 nitrogen and oxygen atoms in total. The number of hydrogen-bond donors (Lipinski definition) is 0. The Hall–Kier alpha value is -4.85. The van der Waals surface area contributed by atoms with Crippen molar-refractivity contribution in [1.82, 2.24) is 0 Å². The summed E-state index contributed by atoms with van der Waals surface area (Å²) < 4.78 is 27.2. The maximum atomic E-state index is 13.0. The molecule has 0 aliphatic heterocycles. The van der Waals surface area contributed by atoms with Crippen LogP contribution >= 0.6 is 0 Å². The molecule has 0 atom stereocenters. The van der Waals surface area contributed by atoms with Gasteiger partial charge < -0.3 is 23.0 Å². The fourth-order valence-electron chi connectivity index (χ4n) is 3.58. The van der Waals surface area contributed by atoms with E-state index in [1.54, 1.807) is 31.2 Å². The lowest BCUT2D eigenvalue weighted by atomic mass is 10.2. The van der Waals surface area contributed by atoms with Gasteiger partial charge in [-0.05, 0) is 55.5 Å². The molecule has 2 heterocycles. The number of methoxy groups -OCH3 is 1. The van der Waals surface area contributed by atoms with Crippen LogP contribution in [-0.4, -0.2) is 19.0 Å². The molecule has 3 aromatic carbocycles. The third-order valence-corrected chi connectivity index (χ3v) is 5.32. The van der Waals surface area contributed by atoms with E-state index in [-0.39, 0.29) is 34.0 Å². The molecule has 0 aliphatic rings. The lowest BCUT2D eigenvalue weighted by Crippen LogP contribution is -2.09. The van der Waals surface area contributed by atoms with E-state index in [1.807, 2.05) is 18.2 Å². The highest BCUT2D eigenvalue weighted by molar-refractivity contribution is 5.94. The van der Waals surface area contributed by atoms with Crippen molar-refractivity contribution < 1.29 is 32.6 Å². The first-order valence-electron chi connectivity index (χ1n) is 10.6. The van der Waals surface area contributed by atoms with Crippen molar-refractivity contribution >= 4 is 33.9 Å². The molecule has 5 aromatic rings. The van der Waals surface area contributed by atoms with E-state index in [4.69, 9.17) is 18.3 Å². The third-order valence-electron chi connectivity index (χ3n) is 5.32. The van der Waals surface area contributed by atoms with Gasteiger partial charge in [0.05, 0.1) is 18.1 Å². The van der Waals surface area contributed by atoms with Crippen LogP contribution in [0.2, 0.25) is 0 Å². The summed E-state index contributed by atoms with van der Waals surface area (Å²) in [4.78, 5) is 37.2. The summed E-state index contributed by atoms with van der Waals surface area (Å²) in [7, 11) is 1.29. The van der Waals surface area contributed by atoms with Crippen LogP contribution in [0.1, 0.15) is 26.7 Å². The average Bonchev–Trinajstić information content (AvgIpc) is 3.31. The summed E-state index contributed by atoms with van der Waals surface area (Å²) in [6.45, 7) is 1.59. The van der Waals surface area contributed by atoms with Gasteiger partial charge in [0.1, 0.15) is 28.4 Å². The van der Waals surface area contributed by atoms with Crippen molar-refractivity contribution in [2.24, 2.45) is 0 Å². The van der Waals surface area contributed by atoms with Crippen LogP contribution < -0.4 is 14.9 Å². The molecule has 0 saturated carbocycles. The molecule has 0 radical (unpaired) electrons. The molecule has 0 unspecified atom stereocenters. The molecule has 0 bridgehead atoms. The minimum Gasteiger partial charge on any atom is -0.465 e. The Labute approximate surface area is 198 Å². The Morgan fingerprint density at radius 2 is 1.54 bits per heavy atom. The highest BCUT2D eigenvalue weighted by Gasteiger charge is 2.18. The molecule has 0 spiro atoms. The Kier molecular flexibility index (Phi) is 5.54. The maximum absolute atomic E-state index is 13.0. The van der Waals surface area contributed by atoms with E-state index < -0.39 is 17.4 Å². The van der Waals surface area contributed by atoms with Gasteiger partial charge in [-0.15, -0.1) is 0 Å². The molecule has 35 heavy (non-hydrogen) atoms. The van der Waals surface area contributed by atoms with Gasteiger partial charge in [-0.2, -0.15) is 0 Å². The zero-order chi connectivity index (χ0) is 24.5. The minimum atomic E-state index is -0.671. The Morgan fingerprint density at radius 1 is 0.800 bits per heavy atom. The minimum absolute atomic E-state index is 0.00957. The molecule has 0 fully saturated rings. The largest absolute Gasteiger partial charge is 0.465 e. The first kappa shape index (κ1) is 22.0. The number of rotatable bonds is 5. The first-order chi connectivity index (χ1) is 16.9. The highest BCUT2D eigenvalue weighted by atomic mass is 16.5. The number of carbonyl (C=O) groups is 2. The SMILES string of the molecule is COC(=O)c1ccc(Oc2c(C)oc3cc(OC(=O)c4cc5ccccc5o4)ccc3c2=O)cc1. The molecule has 0 aliphatic carbocycles. The van der Waals surface area contributed by atoms with E-state index in [9.17, 15) is 14.4 Å². The van der Waals surface area contributed by atoms with E-state index in [2.05, 4.69) is 4.74 Å². The van der Waals surface area contributed by atoms with Gasteiger partial charge in [0.25, 0.3) is 0 Å². The molecule has 2 aromatic heterocycles. The van der Waals surface area contributed by atoms with Crippen LogP contribution in [0.5, 0.6) is 17.2 Å². The average molecular weight is 470 g/mol. The van der Waals surface area contributed by atoms with Crippen molar-refractivity contribution in [1.29, 1.82) is 0 Å². The Morgan fingerprint density at radius 3 is 2.29 bits per heavy atom. The molecule has 0 amide bonds. The number of aryl methyl sites for hydroxylation is 1. The topological polar surface area (TPSA) is 105 Å². The molecule has 0 saturated heterocycles. The van der Waals surface area contributed by atoms with Gasteiger partial charge in [0, 0.05) is 11.5 Å². The summed E-state index contributed by atoms with van der Waals surface area (Å²) in [5, 5.41) is 1.03. The van der Waals surface area contributed by atoms with Crippen molar-refractivity contribution in [2.75, 3.05) is 7.11 Å². The summed E-state index contributed by atoms with van der Waals surface area (Å²) in [6, 6.07) is 19.4. The van der Waals surface area contributed by atoms with Gasteiger partial charge in [-0.3, -0.25) is 4.79 Å². The monoisotopic (exact) mass is 470 g/mol. The van der Waals surface area contributed by atoms with Crippen LogP contribution in [-0.2, 0) is 4.74 Å². The second-order valence-corrected chi connectivity index (χ2v) is 7.63. The summed E-state index contributed by atoms with van der Waals surface area (Å²) in [5.74, 6) is -0.298. The van der Waals surface area contributed by atoms with Crippen LogP contribution in [0.15, 0.2) is 86.4 Å². The van der Waals surface area contributed by atoms with E-state index in [0.29, 0.717) is 16.9 Å². The number of fused-ring (bicyclic) bond motifs is 2. The van der Waals surface area contributed by atoms with Crippen LogP contribution in [0.3, 0.4) is 0 Å². The van der Waals surface area contributed by atoms with Crippen molar-refractivity contribution in [3.05, 3.63) is 100 Å². The Balaban J connectivity index is 1.40. The van der Waals surface area contributed by atoms with E-state index in [1.165, 1.54) is 37.4 Å². The smallest absolute Gasteiger partial charge is 0.379 e. The number of hydrogen-bond acceptors (Lipinski definition) is 8. The molecular formula is C27H18O8. The van der Waals surface area contributed by atoms with Crippen LogP contribution in [0.25, 0.3) is 21.9 Å². The maximum Gasteiger partial charge on any atom is 0.379 e.